The Hall–Kier alpha value is -2.00. The van der Waals surface area contributed by atoms with Gasteiger partial charge in [-0.3, -0.25) is 4.79 Å². The molecule has 1 unspecified atom stereocenters. The van der Waals surface area contributed by atoms with Crippen molar-refractivity contribution in [2.24, 2.45) is 0 Å². The van der Waals surface area contributed by atoms with Crippen LogP contribution in [0.2, 0.25) is 5.02 Å². The summed E-state index contributed by atoms with van der Waals surface area (Å²) in [5, 5.41) is 3.51. The van der Waals surface area contributed by atoms with Gasteiger partial charge in [0.2, 0.25) is 0 Å². The first-order chi connectivity index (χ1) is 10.1. The highest BCUT2D eigenvalue weighted by atomic mass is 35.5. The Morgan fingerprint density at radius 1 is 1.24 bits per heavy atom. The second-order valence-corrected chi connectivity index (χ2v) is 5.33. The van der Waals surface area contributed by atoms with Crippen LogP contribution in [-0.4, -0.2) is 12.5 Å². The molecule has 1 amide bonds. The summed E-state index contributed by atoms with van der Waals surface area (Å²) in [5.41, 5.74) is 2.26. The normalized spacial score (nSPS) is 11.8. The van der Waals surface area contributed by atoms with E-state index in [-0.39, 0.29) is 18.6 Å². The van der Waals surface area contributed by atoms with Crippen molar-refractivity contribution in [3.8, 4) is 5.75 Å². The molecule has 0 radical (unpaired) electrons. The molecule has 0 bridgehead atoms. The third-order valence-electron chi connectivity index (χ3n) is 3.20. The van der Waals surface area contributed by atoms with E-state index in [9.17, 15) is 4.79 Å². The van der Waals surface area contributed by atoms with Gasteiger partial charge < -0.3 is 10.1 Å². The fraction of sp³-hybridized carbons (Fsp3) is 0.235. The summed E-state index contributed by atoms with van der Waals surface area (Å²) < 4.78 is 5.42. The van der Waals surface area contributed by atoms with Crippen LogP contribution in [0.15, 0.2) is 48.5 Å². The highest BCUT2D eigenvalue weighted by molar-refractivity contribution is 6.30. The molecule has 0 fully saturated rings. The highest BCUT2D eigenvalue weighted by Gasteiger charge is 2.11. The lowest BCUT2D eigenvalue weighted by Gasteiger charge is -2.16. The van der Waals surface area contributed by atoms with Crippen molar-refractivity contribution in [2.45, 2.75) is 19.9 Å². The van der Waals surface area contributed by atoms with Crippen LogP contribution in [0.5, 0.6) is 5.75 Å². The number of aryl methyl sites for hydroxylation is 1. The number of hydrogen-bond donors (Lipinski definition) is 1. The summed E-state index contributed by atoms with van der Waals surface area (Å²) in [7, 11) is 0. The molecule has 2 rings (SSSR count). The minimum absolute atomic E-state index is 0.0312. The average Bonchev–Trinajstić information content (AvgIpc) is 2.45. The molecular weight excluding hydrogens is 286 g/mol. The SMILES string of the molecule is Cc1ccccc1C(C)NC(=O)COc1cccc(Cl)c1. The molecule has 0 heterocycles. The third-order valence-corrected chi connectivity index (χ3v) is 3.43. The summed E-state index contributed by atoms with van der Waals surface area (Å²) in [5.74, 6) is 0.423. The van der Waals surface area contributed by atoms with Crippen molar-refractivity contribution in [3.63, 3.8) is 0 Å². The predicted molar refractivity (Wildman–Crippen MR) is 84.7 cm³/mol. The molecule has 1 N–H and O–H groups in total. The van der Waals surface area contributed by atoms with E-state index in [1.165, 1.54) is 0 Å². The Bertz CT molecular complexity index is 628. The topological polar surface area (TPSA) is 38.3 Å². The van der Waals surface area contributed by atoms with Crippen molar-refractivity contribution in [1.29, 1.82) is 0 Å². The molecule has 1 atom stereocenters. The Morgan fingerprint density at radius 2 is 2.00 bits per heavy atom. The van der Waals surface area contributed by atoms with Gasteiger partial charge in [-0.2, -0.15) is 0 Å². The lowest BCUT2D eigenvalue weighted by molar-refractivity contribution is -0.123. The van der Waals surface area contributed by atoms with Crippen LogP contribution in [0.3, 0.4) is 0 Å². The zero-order valence-electron chi connectivity index (χ0n) is 12.1. The molecule has 0 spiro atoms. The molecule has 3 nitrogen and oxygen atoms in total. The van der Waals surface area contributed by atoms with Crippen LogP contribution in [0, 0.1) is 6.92 Å². The fourth-order valence-electron chi connectivity index (χ4n) is 2.14. The van der Waals surface area contributed by atoms with E-state index in [4.69, 9.17) is 16.3 Å². The molecule has 2 aromatic carbocycles. The second-order valence-electron chi connectivity index (χ2n) is 4.89. The summed E-state index contributed by atoms with van der Waals surface area (Å²) in [6, 6.07) is 14.9. The molecule has 0 saturated carbocycles. The van der Waals surface area contributed by atoms with Crippen LogP contribution in [0.4, 0.5) is 0 Å². The van der Waals surface area contributed by atoms with Crippen molar-refractivity contribution in [3.05, 3.63) is 64.7 Å². The number of amides is 1. The summed E-state index contributed by atoms with van der Waals surface area (Å²) >= 11 is 5.86. The van der Waals surface area contributed by atoms with E-state index in [1.807, 2.05) is 38.1 Å². The van der Waals surface area contributed by atoms with Gasteiger partial charge in [-0.15, -0.1) is 0 Å². The number of halogens is 1. The maximum absolute atomic E-state index is 11.9. The van der Waals surface area contributed by atoms with Crippen molar-refractivity contribution >= 4 is 17.5 Å². The quantitative estimate of drug-likeness (QED) is 0.909. The molecule has 2 aromatic rings. The molecule has 0 aromatic heterocycles. The smallest absolute Gasteiger partial charge is 0.258 e. The number of rotatable bonds is 5. The second kappa shape index (κ2) is 7.14. The maximum atomic E-state index is 11.9. The van der Waals surface area contributed by atoms with E-state index in [2.05, 4.69) is 5.32 Å². The van der Waals surface area contributed by atoms with Gasteiger partial charge in [0.15, 0.2) is 6.61 Å². The van der Waals surface area contributed by atoms with Crippen LogP contribution in [0.25, 0.3) is 0 Å². The molecule has 0 saturated heterocycles. The van der Waals surface area contributed by atoms with Crippen LogP contribution >= 0.6 is 11.6 Å². The molecular formula is C17H18ClNO2. The van der Waals surface area contributed by atoms with Crippen molar-refractivity contribution < 1.29 is 9.53 Å². The summed E-state index contributed by atoms with van der Waals surface area (Å²) in [4.78, 5) is 11.9. The minimum Gasteiger partial charge on any atom is -0.484 e. The number of carbonyl (C=O) groups is 1. The number of ether oxygens (including phenoxy) is 1. The van der Waals surface area contributed by atoms with Gasteiger partial charge in [0, 0.05) is 5.02 Å². The maximum Gasteiger partial charge on any atom is 0.258 e. The highest BCUT2D eigenvalue weighted by Crippen LogP contribution is 2.18. The largest absolute Gasteiger partial charge is 0.484 e. The molecule has 110 valence electrons. The lowest BCUT2D eigenvalue weighted by Crippen LogP contribution is -2.31. The molecule has 4 heteroatoms. The Labute approximate surface area is 129 Å². The Morgan fingerprint density at radius 3 is 2.71 bits per heavy atom. The summed E-state index contributed by atoms with van der Waals surface area (Å²) in [6.45, 7) is 3.95. The van der Waals surface area contributed by atoms with Crippen LogP contribution < -0.4 is 10.1 Å². The molecule has 0 aliphatic rings. The van der Waals surface area contributed by atoms with Gasteiger partial charge in [0.1, 0.15) is 5.75 Å². The molecule has 0 aliphatic heterocycles. The first-order valence-corrected chi connectivity index (χ1v) is 7.17. The third kappa shape index (κ3) is 4.50. The predicted octanol–water partition coefficient (Wildman–Crippen LogP) is 3.90. The van der Waals surface area contributed by atoms with Gasteiger partial charge in [-0.05, 0) is 43.2 Å². The zero-order chi connectivity index (χ0) is 15.2. The number of hydrogen-bond acceptors (Lipinski definition) is 2. The van der Waals surface area contributed by atoms with E-state index < -0.39 is 0 Å². The zero-order valence-corrected chi connectivity index (χ0v) is 12.9. The van der Waals surface area contributed by atoms with E-state index >= 15 is 0 Å². The average molecular weight is 304 g/mol. The number of nitrogens with one attached hydrogen (secondary N) is 1. The molecule has 0 aliphatic carbocycles. The standard InChI is InChI=1S/C17H18ClNO2/c1-12-6-3-4-9-16(12)13(2)19-17(20)11-21-15-8-5-7-14(18)10-15/h3-10,13H,11H2,1-2H3,(H,19,20). The number of benzene rings is 2. The van der Waals surface area contributed by atoms with E-state index in [0.717, 1.165) is 11.1 Å². The van der Waals surface area contributed by atoms with Gasteiger partial charge in [0.25, 0.3) is 5.91 Å². The van der Waals surface area contributed by atoms with Crippen molar-refractivity contribution in [2.75, 3.05) is 6.61 Å². The van der Waals surface area contributed by atoms with Crippen molar-refractivity contribution in [1.82, 2.24) is 5.32 Å². The van der Waals surface area contributed by atoms with Gasteiger partial charge in [-0.1, -0.05) is 41.9 Å². The number of carbonyl (C=O) groups excluding carboxylic acids is 1. The monoisotopic (exact) mass is 303 g/mol. The van der Waals surface area contributed by atoms with Gasteiger partial charge in [0.05, 0.1) is 6.04 Å². The first kappa shape index (κ1) is 15.4. The summed E-state index contributed by atoms with van der Waals surface area (Å²) in [6.07, 6.45) is 0. The minimum atomic E-state index is -0.161. The Balaban J connectivity index is 1.89. The van der Waals surface area contributed by atoms with Crippen LogP contribution in [0.1, 0.15) is 24.1 Å². The van der Waals surface area contributed by atoms with E-state index in [0.29, 0.717) is 10.8 Å². The van der Waals surface area contributed by atoms with Crippen LogP contribution in [-0.2, 0) is 4.79 Å². The first-order valence-electron chi connectivity index (χ1n) is 6.79. The van der Waals surface area contributed by atoms with E-state index in [1.54, 1.807) is 24.3 Å². The lowest BCUT2D eigenvalue weighted by atomic mass is 10.0. The Kier molecular flexibility index (Phi) is 5.23. The van der Waals surface area contributed by atoms with Gasteiger partial charge in [-0.25, -0.2) is 0 Å². The molecule has 21 heavy (non-hydrogen) atoms. The van der Waals surface area contributed by atoms with Gasteiger partial charge >= 0.3 is 0 Å². The fourth-order valence-corrected chi connectivity index (χ4v) is 2.32.